The summed E-state index contributed by atoms with van der Waals surface area (Å²) in [6.07, 6.45) is 2.57. The smallest absolute Gasteiger partial charge is 0.138 e. The van der Waals surface area contributed by atoms with E-state index < -0.39 is 6.10 Å². The van der Waals surface area contributed by atoms with Gasteiger partial charge in [-0.25, -0.2) is 0 Å². The number of aliphatic hydroxyl groups excluding tert-OH is 1. The molecule has 19 heavy (non-hydrogen) atoms. The molecule has 100 valence electrons. The highest BCUT2D eigenvalue weighted by Gasteiger charge is 2.12. The maximum atomic E-state index is 10.3. The number of anilines is 1. The van der Waals surface area contributed by atoms with Gasteiger partial charge in [0, 0.05) is 17.4 Å². The van der Waals surface area contributed by atoms with Crippen LogP contribution in [0.4, 0.5) is 5.69 Å². The summed E-state index contributed by atoms with van der Waals surface area (Å²) in [4.78, 5) is 4.09. The molecule has 0 aliphatic rings. The number of nitrogens with two attached hydrogens (primary N) is 1. The number of aliphatic hydroxyl groups is 1. The number of hydrogen-bond acceptors (Lipinski definition) is 4. The normalized spacial score (nSPS) is 12.4. The number of hydrogen-bond donors (Lipinski definition) is 2. The highest BCUT2D eigenvalue weighted by Crippen LogP contribution is 2.25. The third-order valence-corrected chi connectivity index (χ3v) is 2.65. The van der Waals surface area contributed by atoms with Crippen molar-refractivity contribution in [3.8, 4) is 5.75 Å². The van der Waals surface area contributed by atoms with E-state index in [0.717, 1.165) is 5.56 Å². The van der Waals surface area contributed by atoms with Gasteiger partial charge in [0.1, 0.15) is 11.9 Å². The molecule has 1 aromatic carbocycles. The summed E-state index contributed by atoms with van der Waals surface area (Å²) in [5, 5.41) is 10.3. The van der Waals surface area contributed by atoms with Crippen LogP contribution in [0.15, 0.2) is 42.7 Å². The van der Waals surface area contributed by atoms with Gasteiger partial charge in [0.2, 0.25) is 0 Å². The SMILES string of the molecule is CC(C)Oc1cncc(C(O)c2cccc(N)c2)c1. The lowest BCUT2D eigenvalue weighted by atomic mass is 10.0. The summed E-state index contributed by atoms with van der Waals surface area (Å²) in [5.41, 5.74) is 7.77. The van der Waals surface area contributed by atoms with E-state index in [0.29, 0.717) is 17.0 Å². The van der Waals surface area contributed by atoms with E-state index in [1.165, 1.54) is 0 Å². The first-order valence-electron chi connectivity index (χ1n) is 6.21. The summed E-state index contributed by atoms with van der Waals surface area (Å²) in [6, 6.07) is 8.97. The zero-order valence-electron chi connectivity index (χ0n) is 11.1. The van der Waals surface area contributed by atoms with Gasteiger partial charge in [-0.2, -0.15) is 0 Å². The minimum Gasteiger partial charge on any atom is -0.489 e. The number of nitrogens with zero attached hydrogens (tertiary/aromatic N) is 1. The van der Waals surface area contributed by atoms with E-state index in [1.807, 2.05) is 26.0 Å². The lowest BCUT2D eigenvalue weighted by molar-refractivity contribution is 0.215. The monoisotopic (exact) mass is 258 g/mol. The largest absolute Gasteiger partial charge is 0.489 e. The van der Waals surface area contributed by atoms with Gasteiger partial charge in [0.25, 0.3) is 0 Å². The summed E-state index contributed by atoms with van der Waals surface area (Å²) >= 11 is 0. The molecule has 3 N–H and O–H groups in total. The molecule has 0 saturated heterocycles. The molecule has 1 unspecified atom stereocenters. The van der Waals surface area contributed by atoms with Gasteiger partial charge >= 0.3 is 0 Å². The molecule has 1 aromatic heterocycles. The second kappa shape index (κ2) is 5.71. The Balaban J connectivity index is 2.26. The van der Waals surface area contributed by atoms with Crippen molar-refractivity contribution in [3.05, 3.63) is 53.9 Å². The number of ether oxygens (including phenoxy) is 1. The van der Waals surface area contributed by atoms with E-state index in [1.54, 1.807) is 30.6 Å². The van der Waals surface area contributed by atoms with Crippen molar-refractivity contribution < 1.29 is 9.84 Å². The van der Waals surface area contributed by atoms with E-state index in [4.69, 9.17) is 10.5 Å². The molecule has 0 bridgehead atoms. The fourth-order valence-corrected chi connectivity index (χ4v) is 1.84. The average molecular weight is 258 g/mol. The minimum atomic E-state index is -0.758. The summed E-state index contributed by atoms with van der Waals surface area (Å²) in [7, 11) is 0. The van der Waals surface area contributed by atoms with Crippen molar-refractivity contribution in [1.82, 2.24) is 4.98 Å². The molecule has 1 heterocycles. The van der Waals surface area contributed by atoms with E-state index in [2.05, 4.69) is 4.98 Å². The molecule has 0 aliphatic heterocycles. The minimum absolute atomic E-state index is 0.0709. The van der Waals surface area contributed by atoms with Crippen molar-refractivity contribution in [2.75, 3.05) is 5.73 Å². The van der Waals surface area contributed by atoms with Crippen LogP contribution in [0.5, 0.6) is 5.75 Å². The molecule has 4 heteroatoms. The second-order valence-corrected chi connectivity index (χ2v) is 4.69. The van der Waals surface area contributed by atoms with Crippen molar-refractivity contribution >= 4 is 5.69 Å². The second-order valence-electron chi connectivity index (χ2n) is 4.69. The molecular weight excluding hydrogens is 240 g/mol. The number of benzene rings is 1. The molecule has 2 rings (SSSR count). The molecule has 1 atom stereocenters. The van der Waals surface area contributed by atoms with Crippen LogP contribution in [0.25, 0.3) is 0 Å². The summed E-state index contributed by atoms with van der Waals surface area (Å²) in [6.45, 7) is 3.89. The van der Waals surface area contributed by atoms with Gasteiger partial charge in [0.15, 0.2) is 0 Å². The predicted octanol–water partition coefficient (Wildman–Crippen LogP) is 2.53. The van der Waals surface area contributed by atoms with Crippen LogP contribution in [0.1, 0.15) is 31.1 Å². The van der Waals surface area contributed by atoms with E-state index in [-0.39, 0.29) is 6.10 Å². The molecule has 0 spiro atoms. The van der Waals surface area contributed by atoms with Gasteiger partial charge in [0.05, 0.1) is 12.3 Å². The first-order valence-corrected chi connectivity index (χ1v) is 6.21. The van der Waals surface area contributed by atoms with Crippen molar-refractivity contribution in [2.45, 2.75) is 26.1 Å². The van der Waals surface area contributed by atoms with Crippen LogP contribution in [-0.2, 0) is 0 Å². The topological polar surface area (TPSA) is 68.4 Å². The zero-order valence-corrected chi connectivity index (χ0v) is 11.1. The quantitative estimate of drug-likeness (QED) is 0.827. The highest BCUT2D eigenvalue weighted by molar-refractivity contribution is 5.43. The van der Waals surface area contributed by atoms with Crippen LogP contribution < -0.4 is 10.5 Å². The van der Waals surface area contributed by atoms with E-state index >= 15 is 0 Å². The van der Waals surface area contributed by atoms with Crippen LogP contribution in [0, 0.1) is 0 Å². The molecule has 0 fully saturated rings. The maximum Gasteiger partial charge on any atom is 0.138 e. The Hall–Kier alpha value is -2.07. The Morgan fingerprint density at radius 2 is 1.95 bits per heavy atom. The summed E-state index contributed by atoms with van der Waals surface area (Å²) in [5.74, 6) is 0.649. The van der Waals surface area contributed by atoms with Crippen molar-refractivity contribution in [2.24, 2.45) is 0 Å². The Bertz CT molecular complexity index is 555. The van der Waals surface area contributed by atoms with Crippen LogP contribution >= 0.6 is 0 Å². The summed E-state index contributed by atoms with van der Waals surface area (Å²) < 4.78 is 5.57. The van der Waals surface area contributed by atoms with Crippen LogP contribution in [-0.4, -0.2) is 16.2 Å². The van der Waals surface area contributed by atoms with Crippen molar-refractivity contribution in [3.63, 3.8) is 0 Å². The van der Waals surface area contributed by atoms with E-state index in [9.17, 15) is 5.11 Å². The Labute approximate surface area is 112 Å². The lowest BCUT2D eigenvalue weighted by Gasteiger charge is -2.14. The van der Waals surface area contributed by atoms with Gasteiger partial charge in [-0.15, -0.1) is 0 Å². The number of pyridine rings is 1. The Kier molecular flexibility index (Phi) is 4.02. The fraction of sp³-hybridized carbons (Fsp3) is 0.267. The molecule has 0 saturated carbocycles. The molecular formula is C15H18N2O2. The van der Waals surface area contributed by atoms with Gasteiger partial charge in [-0.3, -0.25) is 4.98 Å². The van der Waals surface area contributed by atoms with Gasteiger partial charge in [-0.1, -0.05) is 12.1 Å². The number of nitrogen functional groups attached to an aromatic ring is 1. The highest BCUT2D eigenvalue weighted by atomic mass is 16.5. The first-order chi connectivity index (χ1) is 9.06. The van der Waals surface area contributed by atoms with Crippen molar-refractivity contribution in [1.29, 1.82) is 0 Å². The Morgan fingerprint density at radius 3 is 2.63 bits per heavy atom. The zero-order chi connectivity index (χ0) is 13.8. The molecule has 0 amide bonds. The van der Waals surface area contributed by atoms with Crippen LogP contribution in [0.3, 0.4) is 0 Å². The maximum absolute atomic E-state index is 10.3. The Morgan fingerprint density at radius 1 is 1.16 bits per heavy atom. The third-order valence-electron chi connectivity index (χ3n) is 2.65. The van der Waals surface area contributed by atoms with Gasteiger partial charge < -0.3 is 15.6 Å². The standard InChI is InChI=1S/C15H18N2O2/c1-10(2)19-14-7-12(8-17-9-14)15(18)11-4-3-5-13(16)6-11/h3-10,15,18H,16H2,1-2H3. The average Bonchev–Trinajstić information content (AvgIpc) is 2.37. The van der Waals surface area contributed by atoms with Crippen LogP contribution in [0.2, 0.25) is 0 Å². The molecule has 4 nitrogen and oxygen atoms in total. The molecule has 0 radical (unpaired) electrons. The fourth-order valence-electron chi connectivity index (χ4n) is 1.84. The molecule has 2 aromatic rings. The predicted molar refractivity (Wildman–Crippen MR) is 74.9 cm³/mol. The number of aromatic nitrogens is 1. The third kappa shape index (κ3) is 3.45. The first kappa shape index (κ1) is 13.4. The number of rotatable bonds is 4. The lowest BCUT2D eigenvalue weighted by Crippen LogP contribution is -2.07. The molecule has 0 aliphatic carbocycles. The van der Waals surface area contributed by atoms with Gasteiger partial charge in [-0.05, 0) is 37.6 Å².